The van der Waals surface area contributed by atoms with Gasteiger partial charge in [-0.25, -0.2) is 0 Å². The van der Waals surface area contributed by atoms with Crippen LogP contribution in [0, 0.1) is 17.3 Å². The minimum Gasteiger partial charge on any atom is -0.466 e. The Hall–Kier alpha value is -0.970. The van der Waals surface area contributed by atoms with Gasteiger partial charge in [0.25, 0.3) is 0 Å². The average Bonchev–Trinajstić information content (AvgIpc) is 2.79. The number of hydrogen-bond acceptors (Lipinski definition) is 2. The minimum absolute atomic E-state index is 0.125. The third-order valence-electron chi connectivity index (χ3n) is 3.28. The Balaban J connectivity index is 2.67. The van der Waals surface area contributed by atoms with E-state index in [9.17, 15) is 18.0 Å². The second-order valence-electron chi connectivity index (χ2n) is 4.97. The van der Waals surface area contributed by atoms with E-state index in [1.165, 1.54) is 6.08 Å². The first-order valence-electron chi connectivity index (χ1n) is 5.90. The largest absolute Gasteiger partial charge is 0.466 e. The number of rotatable bonds is 4. The van der Waals surface area contributed by atoms with Gasteiger partial charge in [0.05, 0.1) is 12.5 Å². The fraction of sp³-hybridized carbons (Fsp3) is 0.615. The zero-order valence-electron chi connectivity index (χ0n) is 10.9. The SMILES string of the molecule is CCOC(=O)[C@@H]1[C@H](C=CC=C(Cl)C(F)(F)F)C1(C)C. The summed E-state index contributed by atoms with van der Waals surface area (Å²) in [7, 11) is 0. The molecule has 2 atom stereocenters. The lowest BCUT2D eigenvalue weighted by Crippen LogP contribution is -2.10. The van der Waals surface area contributed by atoms with E-state index in [-0.39, 0.29) is 23.2 Å². The topological polar surface area (TPSA) is 26.3 Å². The molecule has 0 spiro atoms. The third kappa shape index (κ3) is 3.75. The van der Waals surface area contributed by atoms with Gasteiger partial charge >= 0.3 is 12.1 Å². The van der Waals surface area contributed by atoms with E-state index in [0.29, 0.717) is 6.61 Å². The maximum absolute atomic E-state index is 12.1. The first kappa shape index (κ1) is 16.1. The van der Waals surface area contributed by atoms with E-state index in [1.54, 1.807) is 13.0 Å². The lowest BCUT2D eigenvalue weighted by Gasteiger charge is -2.01. The Kier molecular flexibility index (Phi) is 4.72. The third-order valence-corrected chi connectivity index (χ3v) is 3.62. The molecular weight excluding hydrogens is 281 g/mol. The molecule has 0 unspecified atom stereocenters. The van der Waals surface area contributed by atoms with E-state index in [2.05, 4.69) is 0 Å². The summed E-state index contributed by atoms with van der Waals surface area (Å²) in [5.74, 6) is -0.740. The molecule has 0 N–H and O–H groups in total. The minimum atomic E-state index is -4.54. The Morgan fingerprint density at radius 3 is 2.47 bits per heavy atom. The number of halogens is 4. The molecule has 0 amide bonds. The summed E-state index contributed by atoms with van der Waals surface area (Å²) in [4.78, 5) is 11.6. The molecule has 0 aromatic rings. The molecule has 1 aliphatic rings. The molecule has 0 bridgehead atoms. The summed E-state index contributed by atoms with van der Waals surface area (Å²) in [6.07, 6.45) is -0.944. The van der Waals surface area contributed by atoms with Crippen LogP contribution in [0.5, 0.6) is 0 Å². The van der Waals surface area contributed by atoms with Gasteiger partial charge in [0.2, 0.25) is 0 Å². The van der Waals surface area contributed by atoms with E-state index in [1.807, 2.05) is 13.8 Å². The standard InChI is InChI=1S/C13H16ClF3O2/c1-4-19-11(18)10-8(12(10,2)3)6-5-7-9(14)13(15,16)17/h5-8,10H,4H2,1-3H3/t8-,10-/m0/s1. The molecule has 0 aromatic heterocycles. The van der Waals surface area contributed by atoms with Crippen LogP contribution >= 0.6 is 11.6 Å². The van der Waals surface area contributed by atoms with E-state index < -0.39 is 11.2 Å². The van der Waals surface area contributed by atoms with Gasteiger partial charge in [-0.3, -0.25) is 4.79 Å². The van der Waals surface area contributed by atoms with Crippen LogP contribution in [-0.2, 0) is 9.53 Å². The van der Waals surface area contributed by atoms with Crippen LogP contribution in [0.4, 0.5) is 13.2 Å². The molecule has 1 rings (SSSR count). The molecule has 0 radical (unpaired) electrons. The number of carbonyl (C=O) groups is 1. The van der Waals surface area contributed by atoms with Crippen molar-refractivity contribution in [3.05, 3.63) is 23.3 Å². The second kappa shape index (κ2) is 5.57. The Morgan fingerprint density at radius 1 is 1.42 bits per heavy atom. The lowest BCUT2D eigenvalue weighted by atomic mass is 10.1. The second-order valence-corrected chi connectivity index (χ2v) is 5.38. The van der Waals surface area contributed by atoms with Crippen LogP contribution in [-0.4, -0.2) is 18.8 Å². The molecule has 0 saturated heterocycles. The molecule has 0 heterocycles. The van der Waals surface area contributed by atoms with E-state index in [4.69, 9.17) is 16.3 Å². The molecule has 2 nitrogen and oxygen atoms in total. The van der Waals surface area contributed by atoms with Crippen molar-refractivity contribution in [3.8, 4) is 0 Å². The lowest BCUT2D eigenvalue weighted by molar-refractivity contribution is -0.145. The molecule has 0 aliphatic heterocycles. The number of hydrogen-bond donors (Lipinski definition) is 0. The quantitative estimate of drug-likeness (QED) is 0.577. The van der Waals surface area contributed by atoms with Crippen molar-refractivity contribution in [2.45, 2.75) is 26.9 Å². The van der Waals surface area contributed by atoms with Gasteiger partial charge in [0, 0.05) is 0 Å². The van der Waals surface area contributed by atoms with Crippen LogP contribution < -0.4 is 0 Å². The van der Waals surface area contributed by atoms with Gasteiger partial charge in [-0.2, -0.15) is 13.2 Å². The van der Waals surface area contributed by atoms with Crippen molar-refractivity contribution in [2.24, 2.45) is 17.3 Å². The van der Waals surface area contributed by atoms with Gasteiger partial charge in [-0.15, -0.1) is 0 Å². The van der Waals surface area contributed by atoms with Crippen molar-refractivity contribution < 1.29 is 22.7 Å². The average molecular weight is 297 g/mol. The molecule has 108 valence electrons. The highest BCUT2D eigenvalue weighted by Gasteiger charge is 2.61. The van der Waals surface area contributed by atoms with Crippen LogP contribution in [0.1, 0.15) is 20.8 Å². The maximum Gasteiger partial charge on any atom is 0.426 e. The molecule has 0 aromatic carbocycles. The predicted octanol–water partition coefficient (Wildman–Crippen LogP) is 4.06. The normalized spacial score (nSPS) is 26.6. The van der Waals surface area contributed by atoms with Crippen molar-refractivity contribution in [1.29, 1.82) is 0 Å². The number of alkyl halides is 3. The summed E-state index contributed by atoms with van der Waals surface area (Å²) in [5, 5.41) is -1.19. The van der Waals surface area contributed by atoms with E-state index in [0.717, 1.165) is 6.08 Å². The summed E-state index contributed by atoms with van der Waals surface area (Å²) in [6.45, 7) is 5.75. The Bertz CT molecular complexity index is 411. The highest BCUT2D eigenvalue weighted by atomic mass is 35.5. The fourth-order valence-electron chi connectivity index (χ4n) is 2.07. The summed E-state index contributed by atoms with van der Waals surface area (Å²) < 4.78 is 41.3. The number of allylic oxidation sites excluding steroid dienone is 4. The summed E-state index contributed by atoms with van der Waals surface area (Å²) in [5.41, 5.74) is -0.290. The number of esters is 1. The Labute approximate surface area is 115 Å². The maximum atomic E-state index is 12.1. The zero-order valence-corrected chi connectivity index (χ0v) is 11.7. The van der Waals surface area contributed by atoms with Crippen LogP contribution in [0.15, 0.2) is 23.3 Å². The zero-order chi connectivity index (χ0) is 14.8. The molecule has 1 saturated carbocycles. The van der Waals surface area contributed by atoms with Crippen molar-refractivity contribution >= 4 is 17.6 Å². The number of carbonyl (C=O) groups excluding carboxylic acids is 1. The van der Waals surface area contributed by atoms with E-state index >= 15 is 0 Å². The summed E-state index contributed by atoms with van der Waals surface area (Å²) >= 11 is 5.07. The van der Waals surface area contributed by atoms with Gasteiger partial charge < -0.3 is 4.74 Å². The van der Waals surface area contributed by atoms with Crippen molar-refractivity contribution in [3.63, 3.8) is 0 Å². The molecule has 19 heavy (non-hydrogen) atoms. The molecule has 1 aliphatic carbocycles. The van der Waals surface area contributed by atoms with Crippen molar-refractivity contribution in [2.75, 3.05) is 6.61 Å². The highest BCUT2D eigenvalue weighted by Crippen LogP contribution is 2.59. The van der Waals surface area contributed by atoms with Crippen LogP contribution in [0.3, 0.4) is 0 Å². The Morgan fingerprint density at radius 2 is 2.00 bits per heavy atom. The first-order chi connectivity index (χ1) is 8.62. The van der Waals surface area contributed by atoms with Gasteiger partial charge in [-0.05, 0) is 24.3 Å². The van der Waals surface area contributed by atoms with Gasteiger partial charge in [-0.1, -0.05) is 37.6 Å². The first-order valence-corrected chi connectivity index (χ1v) is 6.28. The highest BCUT2D eigenvalue weighted by molar-refractivity contribution is 6.30. The van der Waals surface area contributed by atoms with Crippen LogP contribution in [0.25, 0.3) is 0 Å². The molecule has 6 heteroatoms. The molecular formula is C13H16ClF3O2. The van der Waals surface area contributed by atoms with Gasteiger partial charge in [0.1, 0.15) is 5.03 Å². The smallest absolute Gasteiger partial charge is 0.426 e. The van der Waals surface area contributed by atoms with Crippen molar-refractivity contribution in [1.82, 2.24) is 0 Å². The van der Waals surface area contributed by atoms with Crippen LogP contribution in [0.2, 0.25) is 0 Å². The molecule has 1 fully saturated rings. The summed E-state index contributed by atoms with van der Waals surface area (Å²) in [6, 6.07) is 0. The number of ether oxygens (including phenoxy) is 1. The fourth-order valence-corrected chi connectivity index (χ4v) is 2.15. The van der Waals surface area contributed by atoms with Gasteiger partial charge in [0.15, 0.2) is 0 Å². The predicted molar refractivity (Wildman–Crippen MR) is 66.5 cm³/mol. The monoisotopic (exact) mass is 296 g/mol.